The van der Waals surface area contributed by atoms with Crippen LogP contribution < -0.4 is 0 Å². The van der Waals surface area contributed by atoms with Gasteiger partial charge in [0.05, 0.1) is 0 Å². The van der Waals surface area contributed by atoms with Crippen molar-refractivity contribution in [3.8, 4) is 0 Å². The van der Waals surface area contributed by atoms with E-state index in [-0.39, 0.29) is 31.1 Å². The van der Waals surface area contributed by atoms with Crippen LogP contribution in [-0.4, -0.2) is 37.2 Å². The highest BCUT2D eigenvalue weighted by atomic mass is 16.6. The lowest BCUT2D eigenvalue weighted by Crippen LogP contribution is -2.30. The molecule has 0 aliphatic carbocycles. The summed E-state index contributed by atoms with van der Waals surface area (Å²) in [4.78, 5) is 38.4. The van der Waals surface area contributed by atoms with Crippen molar-refractivity contribution in [2.75, 3.05) is 13.2 Å². The lowest BCUT2D eigenvalue weighted by molar-refractivity contribution is -0.167. The van der Waals surface area contributed by atoms with Crippen molar-refractivity contribution in [1.82, 2.24) is 0 Å². The molecule has 0 fully saturated rings. The van der Waals surface area contributed by atoms with Crippen molar-refractivity contribution in [1.29, 1.82) is 0 Å². The van der Waals surface area contributed by atoms with Gasteiger partial charge in [0.1, 0.15) is 13.2 Å². The molecule has 6 heteroatoms. The second kappa shape index (κ2) is 68.3. The first-order chi connectivity index (χ1) is 40.0. The molecule has 81 heavy (non-hydrogen) atoms. The van der Waals surface area contributed by atoms with E-state index in [1.807, 2.05) is 0 Å². The molecule has 0 radical (unpaired) electrons. The Morgan fingerprint density at radius 2 is 0.506 bits per heavy atom. The third kappa shape index (κ3) is 66.5. The van der Waals surface area contributed by atoms with Crippen LogP contribution in [0.3, 0.4) is 0 Å². The average Bonchev–Trinajstić information content (AvgIpc) is 3.46. The molecule has 0 aromatic carbocycles. The Morgan fingerprint density at radius 3 is 0.827 bits per heavy atom. The number of esters is 3. The van der Waals surface area contributed by atoms with E-state index in [1.165, 1.54) is 135 Å². The number of rotatable bonds is 61. The highest BCUT2D eigenvalue weighted by Crippen LogP contribution is 2.17. The zero-order valence-corrected chi connectivity index (χ0v) is 53.0. The minimum Gasteiger partial charge on any atom is -0.462 e. The van der Waals surface area contributed by atoms with Crippen molar-refractivity contribution in [3.63, 3.8) is 0 Å². The Hall–Kier alpha value is -4.19. The molecule has 0 N–H and O–H groups in total. The van der Waals surface area contributed by atoms with Crippen molar-refractivity contribution in [2.24, 2.45) is 0 Å². The fraction of sp³-hybridized carbons (Fsp3) is 0.693. The fourth-order valence-corrected chi connectivity index (χ4v) is 9.38. The van der Waals surface area contributed by atoms with Gasteiger partial charge in [0.25, 0.3) is 0 Å². The van der Waals surface area contributed by atoms with Gasteiger partial charge in [0, 0.05) is 19.3 Å². The molecule has 0 heterocycles. The third-order valence-electron chi connectivity index (χ3n) is 14.4. The summed E-state index contributed by atoms with van der Waals surface area (Å²) in [5.74, 6) is -0.948. The molecule has 0 aliphatic heterocycles. The van der Waals surface area contributed by atoms with Gasteiger partial charge in [-0.05, 0) is 109 Å². The fourth-order valence-electron chi connectivity index (χ4n) is 9.38. The van der Waals surface area contributed by atoms with Crippen LogP contribution in [0.5, 0.6) is 0 Å². The van der Waals surface area contributed by atoms with Crippen LogP contribution in [0.15, 0.2) is 122 Å². The molecule has 0 rings (SSSR count). The number of carbonyl (C=O) groups is 3. The molecular formula is C75H126O6. The first kappa shape index (κ1) is 76.8. The molecule has 0 bridgehead atoms. The minimum atomic E-state index is -0.805. The minimum absolute atomic E-state index is 0.0994. The zero-order chi connectivity index (χ0) is 58.5. The summed E-state index contributed by atoms with van der Waals surface area (Å²) in [6.07, 6.45) is 95.1. The predicted molar refractivity (Wildman–Crippen MR) is 353 cm³/mol. The van der Waals surface area contributed by atoms with Crippen LogP contribution in [0.1, 0.15) is 316 Å². The van der Waals surface area contributed by atoms with Crippen LogP contribution in [0.25, 0.3) is 0 Å². The van der Waals surface area contributed by atoms with E-state index < -0.39 is 6.10 Å². The number of carbonyl (C=O) groups excluding carboxylic acids is 3. The number of unbranched alkanes of at least 4 members (excludes halogenated alkanes) is 30. The summed E-state index contributed by atoms with van der Waals surface area (Å²) in [5, 5.41) is 0. The standard InChI is InChI=1S/C75H126O6/c1-4-7-10-13-16-19-22-25-27-29-31-33-35-36-37-38-40-41-43-45-47-50-53-56-59-62-65-68-74(77)80-71-72(70-79-73(76)67-64-61-58-55-52-49-24-21-18-15-12-9-6-3)81-75(78)69-66-63-60-57-54-51-48-46-44-42-39-34-32-30-28-26-23-20-17-14-11-8-5-2/h7,10,12,15-16,19,21,24-25,27,31,33,36-37,40-41,45,47,53,56,72H,4-6,8-9,11,13-14,17-18,20,22-23,26,28-30,32,34-35,38-39,42-44,46,48-52,54-55,57-71H2,1-3H3/b10-7-,15-12-,19-16-,24-21-,27-25-,33-31-,37-36-,41-40-,47-45-,56-53-. The third-order valence-corrected chi connectivity index (χ3v) is 14.4. The molecule has 0 spiro atoms. The van der Waals surface area contributed by atoms with Crippen molar-refractivity contribution < 1.29 is 28.6 Å². The number of hydrogen-bond acceptors (Lipinski definition) is 6. The summed E-state index contributed by atoms with van der Waals surface area (Å²) in [6.45, 7) is 6.44. The highest BCUT2D eigenvalue weighted by Gasteiger charge is 2.19. The molecule has 0 aliphatic rings. The van der Waals surface area contributed by atoms with Gasteiger partial charge in [-0.3, -0.25) is 14.4 Å². The van der Waals surface area contributed by atoms with Gasteiger partial charge in [-0.15, -0.1) is 0 Å². The quantitative estimate of drug-likeness (QED) is 0.0261. The monoisotopic (exact) mass is 1120 g/mol. The van der Waals surface area contributed by atoms with E-state index in [0.717, 1.165) is 135 Å². The maximum atomic E-state index is 12.9. The molecule has 1 atom stereocenters. The van der Waals surface area contributed by atoms with E-state index in [1.54, 1.807) is 0 Å². The predicted octanol–water partition coefficient (Wildman–Crippen LogP) is 23.6. The number of ether oxygens (including phenoxy) is 3. The molecule has 0 aromatic rings. The second-order valence-electron chi connectivity index (χ2n) is 22.4. The van der Waals surface area contributed by atoms with E-state index in [4.69, 9.17) is 14.2 Å². The van der Waals surface area contributed by atoms with Crippen molar-refractivity contribution >= 4 is 17.9 Å². The summed E-state index contributed by atoms with van der Waals surface area (Å²) in [6, 6.07) is 0. The van der Waals surface area contributed by atoms with Gasteiger partial charge in [-0.1, -0.05) is 309 Å². The molecule has 0 amide bonds. The Bertz CT molecular complexity index is 1670. The number of hydrogen-bond donors (Lipinski definition) is 0. The van der Waals surface area contributed by atoms with E-state index in [2.05, 4.69) is 142 Å². The van der Waals surface area contributed by atoms with E-state index in [9.17, 15) is 14.4 Å². The first-order valence-electron chi connectivity index (χ1n) is 34.0. The number of allylic oxidation sites excluding steroid dienone is 20. The van der Waals surface area contributed by atoms with Gasteiger partial charge in [-0.2, -0.15) is 0 Å². The van der Waals surface area contributed by atoms with Crippen LogP contribution in [-0.2, 0) is 28.6 Å². The molecular weight excluding hydrogens is 997 g/mol. The first-order valence-corrected chi connectivity index (χ1v) is 34.0. The zero-order valence-electron chi connectivity index (χ0n) is 53.0. The summed E-state index contributed by atoms with van der Waals surface area (Å²) < 4.78 is 16.9. The van der Waals surface area contributed by atoms with Gasteiger partial charge in [-0.25, -0.2) is 0 Å². The molecule has 1 unspecified atom stereocenters. The maximum absolute atomic E-state index is 12.9. The van der Waals surface area contributed by atoms with Gasteiger partial charge in [0.2, 0.25) is 0 Å². The van der Waals surface area contributed by atoms with Crippen molar-refractivity contribution in [2.45, 2.75) is 322 Å². The molecule has 0 aromatic heterocycles. The molecule has 462 valence electrons. The largest absolute Gasteiger partial charge is 0.462 e. The summed E-state index contributed by atoms with van der Waals surface area (Å²) in [5.41, 5.74) is 0. The van der Waals surface area contributed by atoms with E-state index >= 15 is 0 Å². The Labute approximate surface area is 501 Å². The molecule has 0 saturated carbocycles. The maximum Gasteiger partial charge on any atom is 0.306 e. The topological polar surface area (TPSA) is 78.9 Å². The lowest BCUT2D eigenvalue weighted by atomic mass is 10.0. The smallest absolute Gasteiger partial charge is 0.306 e. The van der Waals surface area contributed by atoms with Crippen LogP contribution in [0.2, 0.25) is 0 Å². The van der Waals surface area contributed by atoms with Crippen LogP contribution in [0, 0.1) is 0 Å². The van der Waals surface area contributed by atoms with Gasteiger partial charge < -0.3 is 14.2 Å². The Morgan fingerprint density at radius 1 is 0.259 bits per heavy atom. The molecule has 6 nitrogen and oxygen atoms in total. The SMILES string of the molecule is CC/C=C\C/C=C\C/C=C\C/C=C\C/C=C\C/C=C\C/C=C\C/C=C\CCCCC(=O)OCC(COC(=O)CCCCCCC/C=C\C/C=C\CCC)OC(=O)CCCCCCCCCCCCCCCCCCCCCCCCC. The Kier molecular flexibility index (Phi) is 64.8. The summed E-state index contributed by atoms with van der Waals surface area (Å²) >= 11 is 0. The second-order valence-corrected chi connectivity index (χ2v) is 22.4. The normalized spacial score (nSPS) is 12.9. The van der Waals surface area contributed by atoms with Gasteiger partial charge in [0.15, 0.2) is 6.10 Å². The van der Waals surface area contributed by atoms with Crippen molar-refractivity contribution in [3.05, 3.63) is 122 Å². The average molecular weight is 1120 g/mol. The molecule has 0 saturated heterocycles. The Balaban J connectivity index is 4.39. The highest BCUT2D eigenvalue weighted by molar-refractivity contribution is 5.71. The van der Waals surface area contributed by atoms with Crippen LogP contribution >= 0.6 is 0 Å². The lowest BCUT2D eigenvalue weighted by Gasteiger charge is -2.18. The van der Waals surface area contributed by atoms with Gasteiger partial charge >= 0.3 is 17.9 Å². The van der Waals surface area contributed by atoms with E-state index in [0.29, 0.717) is 25.7 Å². The summed E-state index contributed by atoms with van der Waals surface area (Å²) in [7, 11) is 0. The van der Waals surface area contributed by atoms with Crippen LogP contribution in [0.4, 0.5) is 0 Å².